The molecule has 0 radical (unpaired) electrons. The first-order valence-corrected chi connectivity index (χ1v) is 9.57. The van der Waals surface area contributed by atoms with Crippen LogP contribution in [0.3, 0.4) is 0 Å². The highest BCUT2D eigenvalue weighted by Crippen LogP contribution is 2.26. The molecule has 0 aliphatic carbocycles. The Morgan fingerprint density at radius 1 is 1.21 bits per heavy atom. The molecule has 0 fully saturated rings. The van der Waals surface area contributed by atoms with Gasteiger partial charge in [-0.05, 0) is 39.0 Å². The summed E-state index contributed by atoms with van der Waals surface area (Å²) >= 11 is 1.45. The molecule has 4 heterocycles. The second kappa shape index (κ2) is 7.47. The van der Waals surface area contributed by atoms with Crippen LogP contribution in [0.2, 0.25) is 0 Å². The SMILES string of the molecule is Cc1ccn(C(C)c2nnc(Nc3cc(C)n(Cc4ncccc4F)n3)s2)n1. The lowest BCUT2D eigenvalue weighted by atomic mass is 10.3. The lowest BCUT2D eigenvalue weighted by Gasteiger charge is -2.07. The van der Waals surface area contributed by atoms with Gasteiger partial charge in [-0.15, -0.1) is 10.2 Å². The monoisotopic (exact) mass is 398 g/mol. The first-order chi connectivity index (χ1) is 13.5. The van der Waals surface area contributed by atoms with Gasteiger partial charge in [0.2, 0.25) is 5.13 Å². The van der Waals surface area contributed by atoms with E-state index in [2.05, 4.69) is 30.7 Å². The smallest absolute Gasteiger partial charge is 0.211 e. The summed E-state index contributed by atoms with van der Waals surface area (Å²) in [7, 11) is 0. The average molecular weight is 398 g/mol. The van der Waals surface area contributed by atoms with Gasteiger partial charge in [-0.1, -0.05) is 11.3 Å². The summed E-state index contributed by atoms with van der Waals surface area (Å²) in [6, 6.07) is 6.79. The molecule has 0 aromatic carbocycles. The third-order valence-corrected chi connectivity index (χ3v) is 5.30. The number of nitrogens with zero attached hydrogens (tertiary/aromatic N) is 7. The van der Waals surface area contributed by atoms with E-state index in [0.717, 1.165) is 16.4 Å². The molecule has 0 aliphatic rings. The molecule has 144 valence electrons. The van der Waals surface area contributed by atoms with Crippen LogP contribution in [0, 0.1) is 19.7 Å². The van der Waals surface area contributed by atoms with Gasteiger partial charge in [0.15, 0.2) is 5.82 Å². The average Bonchev–Trinajstić information content (AvgIpc) is 3.38. The van der Waals surface area contributed by atoms with Crippen LogP contribution in [0.5, 0.6) is 0 Å². The third-order valence-electron chi connectivity index (χ3n) is 4.29. The molecule has 0 aliphatic heterocycles. The van der Waals surface area contributed by atoms with Crippen LogP contribution in [0.1, 0.15) is 35.1 Å². The number of hydrogen-bond acceptors (Lipinski definition) is 7. The summed E-state index contributed by atoms with van der Waals surface area (Å²) in [5.41, 5.74) is 2.19. The molecule has 0 saturated heterocycles. The normalized spacial score (nSPS) is 12.3. The molecule has 4 aromatic rings. The van der Waals surface area contributed by atoms with Crippen LogP contribution in [-0.4, -0.2) is 34.7 Å². The van der Waals surface area contributed by atoms with E-state index in [1.807, 2.05) is 43.8 Å². The largest absolute Gasteiger partial charge is 0.313 e. The Balaban J connectivity index is 1.48. The standard InChI is InChI=1S/C18H19FN8S/c1-11-6-8-26(24-11)13(3)17-22-23-18(28-17)21-16-9-12(2)27(25-16)10-15-14(19)5-4-7-20-15/h4-9,13H,10H2,1-3H3,(H,21,23,25). The molecular weight excluding hydrogens is 379 g/mol. The molecule has 4 aromatic heterocycles. The molecule has 8 nitrogen and oxygen atoms in total. The van der Waals surface area contributed by atoms with Gasteiger partial charge >= 0.3 is 0 Å². The lowest BCUT2D eigenvalue weighted by molar-refractivity contribution is 0.554. The van der Waals surface area contributed by atoms with Crippen molar-refractivity contribution in [2.75, 3.05) is 5.32 Å². The van der Waals surface area contributed by atoms with Crippen LogP contribution < -0.4 is 5.32 Å². The molecule has 0 spiro atoms. The maximum Gasteiger partial charge on any atom is 0.211 e. The van der Waals surface area contributed by atoms with Crippen LogP contribution >= 0.6 is 11.3 Å². The zero-order valence-electron chi connectivity index (χ0n) is 15.7. The molecule has 0 saturated carbocycles. The van der Waals surface area contributed by atoms with E-state index >= 15 is 0 Å². The second-order valence-electron chi connectivity index (χ2n) is 6.44. The molecular formula is C18H19FN8S. The Bertz CT molecular complexity index is 1100. The van der Waals surface area contributed by atoms with Crippen LogP contribution in [0.25, 0.3) is 0 Å². The van der Waals surface area contributed by atoms with E-state index in [9.17, 15) is 4.39 Å². The third kappa shape index (κ3) is 3.77. The first-order valence-electron chi connectivity index (χ1n) is 8.75. The van der Waals surface area contributed by atoms with Crippen molar-refractivity contribution >= 4 is 22.3 Å². The Kier molecular flexibility index (Phi) is 4.86. The minimum atomic E-state index is -0.344. The number of aryl methyl sites for hydroxylation is 2. The van der Waals surface area contributed by atoms with Crippen molar-refractivity contribution < 1.29 is 4.39 Å². The predicted octanol–water partition coefficient (Wildman–Crippen LogP) is 3.48. The summed E-state index contributed by atoms with van der Waals surface area (Å²) in [4.78, 5) is 4.08. The number of hydrogen-bond donors (Lipinski definition) is 1. The highest BCUT2D eigenvalue weighted by molar-refractivity contribution is 7.15. The van der Waals surface area contributed by atoms with Gasteiger partial charge < -0.3 is 5.32 Å². The van der Waals surface area contributed by atoms with Crippen LogP contribution in [0.15, 0.2) is 36.7 Å². The van der Waals surface area contributed by atoms with Gasteiger partial charge in [0, 0.05) is 24.2 Å². The zero-order chi connectivity index (χ0) is 19.7. The molecule has 1 N–H and O–H groups in total. The van der Waals surface area contributed by atoms with Gasteiger partial charge in [-0.2, -0.15) is 10.2 Å². The van der Waals surface area contributed by atoms with Crippen molar-refractivity contribution in [3.05, 3.63) is 64.6 Å². The quantitative estimate of drug-likeness (QED) is 0.535. The van der Waals surface area contributed by atoms with E-state index in [-0.39, 0.29) is 18.4 Å². The van der Waals surface area contributed by atoms with Crippen LogP contribution in [0.4, 0.5) is 15.3 Å². The summed E-state index contributed by atoms with van der Waals surface area (Å²) in [5, 5.41) is 22.0. The van der Waals surface area contributed by atoms with Crippen LogP contribution in [-0.2, 0) is 6.54 Å². The highest BCUT2D eigenvalue weighted by atomic mass is 32.1. The molecule has 1 unspecified atom stereocenters. The summed E-state index contributed by atoms with van der Waals surface area (Å²) in [5.74, 6) is 0.280. The maximum atomic E-state index is 13.8. The fraction of sp³-hybridized carbons (Fsp3) is 0.278. The lowest BCUT2D eigenvalue weighted by Crippen LogP contribution is -2.07. The zero-order valence-corrected chi connectivity index (χ0v) is 16.5. The summed E-state index contributed by atoms with van der Waals surface area (Å²) in [6.45, 7) is 6.15. The summed E-state index contributed by atoms with van der Waals surface area (Å²) in [6.07, 6.45) is 3.50. The number of pyridine rings is 1. The van der Waals surface area contributed by atoms with E-state index in [1.165, 1.54) is 17.4 Å². The van der Waals surface area contributed by atoms with Crippen molar-refractivity contribution in [3.63, 3.8) is 0 Å². The molecule has 0 amide bonds. The first kappa shape index (κ1) is 18.2. The summed E-state index contributed by atoms with van der Waals surface area (Å²) < 4.78 is 17.4. The Morgan fingerprint density at radius 3 is 2.82 bits per heavy atom. The van der Waals surface area contributed by atoms with E-state index < -0.39 is 0 Å². The van der Waals surface area contributed by atoms with Crippen molar-refractivity contribution in [2.45, 2.75) is 33.4 Å². The molecule has 1 atom stereocenters. The minimum Gasteiger partial charge on any atom is -0.313 e. The second-order valence-corrected chi connectivity index (χ2v) is 7.45. The number of rotatable bonds is 6. The van der Waals surface area contributed by atoms with Crippen molar-refractivity contribution in [1.82, 2.24) is 34.7 Å². The van der Waals surface area contributed by atoms with E-state index in [4.69, 9.17) is 0 Å². The van der Waals surface area contributed by atoms with Crippen molar-refractivity contribution in [1.29, 1.82) is 0 Å². The molecule has 0 bridgehead atoms. The van der Waals surface area contributed by atoms with Gasteiger partial charge in [-0.25, -0.2) is 4.39 Å². The molecule has 28 heavy (non-hydrogen) atoms. The predicted molar refractivity (Wildman–Crippen MR) is 104 cm³/mol. The fourth-order valence-corrected chi connectivity index (χ4v) is 3.53. The number of aromatic nitrogens is 7. The molecule has 10 heteroatoms. The Morgan fingerprint density at radius 2 is 2.07 bits per heavy atom. The Labute approximate surface area is 165 Å². The maximum absolute atomic E-state index is 13.8. The van der Waals surface area contributed by atoms with Gasteiger partial charge in [0.1, 0.15) is 16.9 Å². The van der Waals surface area contributed by atoms with Crippen molar-refractivity contribution in [3.8, 4) is 0 Å². The van der Waals surface area contributed by atoms with Gasteiger partial charge in [0.05, 0.1) is 17.9 Å². The van der Waals surface area contributed by atoms with Crippen molar-refractivity contribution in [2.24, 2.45) is 0 Å². The number of anilines is 2. The van der Waals surface area contributed by atoms with Gasteiger partial charge in [-0.3, -0.25) is 14.3 Å². The van der Waals surface area contributed by atoms with Gasteiger partial charge in [0.25, 0.3) is 0 Å². The molecule has 4 rings (SSSR count). The number of halogens is 1. The Hall–Kier alpha value is -3.14. The topological polar surface area (TPSA) is 86.3 Å². The minimum absolute atomic E-state index is 0.00632. The van der Waals surface area contributed by atoms with E-state index in [0.29, 0.717) is 16.6 Å². The fourth-order valence-electron chi connectivity index (χ4n) is 2.73. The van der Waals surface area contributed by atoms with E-state index in [1.54, 1.807) is 16.9 Å². The number of nitrogens with one attached hydrogen (secondary N) is 1. The highest BCUT2D eigenvalue weighted by Gasteiger charge is 2.16.